The third kappa shape index (κ3) is 4.39. The summed E-state index contributed by atoms with van der Waals surface area (Å²) in [5, 5.41) is 0.499. The highest BCUT2D eigenvalue weighted by Crippen LogP contribution is 2.34. The summed E-state index contributed by atoms with van der Waals surface area (Å²) in [7, 11) is 0. The fourth-order valence-electron chi connectivity index (χ4n) is 2.86. The Kier molecular flexibility index (Phi) is 5.94. The summed E-state index contributed by atoms with van der Waals surface area (Å²) in [6, 6.07) is 16.2. The number of hydrogen-bond acceptors (Lipinski definition) is 4. The SMILES string of the molecule is NNC(=O)c1ccc(CN2CCSC(c3cccc(Br)c3)C2)cc1. The van der Waals surface area contributed by atoms with Crippen LogP contribution in [0.1, 0.15) is 26.7 Å². The van der Waals surface area contributed by atoms with Crippen molar-refractivity contribution in [3.63, 3.8) is 0 Å². The number of nitrogens with zero attached hydrogens (tertiary/aromatic N) is 1. The fraction of sp³-hybridized carbons (Fsp3) is 0.278. The molecule has 3 N–H and O–H groups in total. The maximum Gasteiger partial charge on any atom is 0.265 e. The average Bonchev–Trinajstić information content (AvgIpc) is 2.62. The molecule has 2 aromatic rings. The molecular weight excluding hydrogens is 386 g/mol. The molecule has 1 saturated heterocycles. The minimum atomic E-state index is -0.259. The van der Waals surface area contributed by atoms with Crippen molar-refractivity contribution < 1.29 is 4.79 Å². The standard InChI is InChI=1S/C18H20BrN3OS/c19-16-3-1-2-15(10-16)17-12-22(8-9-24-17)11-13-4-6-14(7-5-13)18(23)21-20/h1-7,10,17H,8-9,11-12,20H2,(H,21,23). The molecule has 1 heterocycles. The van der Waals surface area contributed by atoms with Gasteiger partial charge in [0.05, 0.1) is 0 Å². The van der Waals surface area contributed by atoms with Crippen LogP contribution in [-0.2, 0) is 6.54 Å². The summed E-state index contributed by atoms with van der Waals surface area (Å²) in [4.78, 5) is 14.0. The zero-order chi connectivity index (χ0) is 16.9. The van der Waals surface area contributed by atoms with Crippen LogP contribution in [0.25, 0.3) is 0 Å². The molecule has 4 nitrogen and oxygen atoms in total. The highest BCUT2D eigenvalue weighted by atomic mass is 79.9. The van der Waals surface area contributed by atoms with Gasteiger partial charge >= 0.3 is 0 Å². The smallest absolute Gasteiger partial charge is 0.265 e. The van der Waals surface area contributed by atoms with Crippen molar-refractivity contribution in [1.29, 1.82) is 0 Å². The van der Waals surface area contributed by atoms with Crippen LogP contribution in [0.15, 0.2) is 53.0 Å². The zero-order valence-corrected chi connectivity index (χ0v) is 15.6. The fourth-order valence-corrected chi connectivity index (χ4v) is 4.58. The van der Waals surface area contributed by atoms with Crippen LogP contribution >= 0.6 is 27.7 Å². The zero-order valence-electron chi connectivity index (χ0n) is 13.2. The molecular formula is C18H20BrN3OS. The van der Waals surface area contributed by atoms with Crippen LogP contribution in [0.5, 0.6) is 0 Å². The molecule has 1 aliphatic heterocycles. The van der Waals surface area contributed by atoms with E-state index in [1.807, 2.05) is 36.0 Å². The first-order valence-corrected chi connectivity index (χ1v) is 9.69. The minimum Gasteiger partial charge on any atom is -0.297 e. The molecule has 0 radical (unpaired) electrons. The number of halogens is 1. The second kappa shape index (κ2) is 8.16. The lowest BCUT2D eigenvalue weighted by atomic mass is 10.1. The third-order valence-corrected chi connectivity index (χ3v) is 5.86. The van der Waals surface area contributed by atoms with Gasteiger partial charge in [-0.15, -0.1) is 0 Å². The van der Waals surface area contributed by atoms with E-state index in [1.54, 1.807) is 0 Å². The highest BCUT2D eigenvalue weighted by molar-refractivity contribution is 9.10. The number of benzene rings is 2. The quantitative estimate of drug-likeness (QED) is 0.465. The van der Waals surface area contributed by atoms with Crippen LogP contribution in [0.4, 0.5) is 0 Å². The van der Waals surface area contributed by atoms with E-state index in [2.05, 4.69) is 50.5 Å². The number of carbonyl (C=O) groups is 1. The minimum absolute atomic E-state index is 0.259. The molecule has 6 heteroatoms. The monoisotopic (exact) mass is 405 g/mol. The Morgan fingerprint density at radius 1 is 1.29 bits per heavy atom. The van der Waals surface area contributed by atoms with E-state index in [0.29, 0.717) is 10.8 Å². The van der Waals surface area contributed by atoms with E-state index in [-0.39, 0.29) is 5.91 Å². The highest BCUT2D eigenvalue weighted by Gasteiger charge is 2.22. The lowest BCUT2D eigenvalue weighted by Crippen LogP contribution is -2.34. The number of hydrazine groups is 1. The molecule has 1 unspecified atom stereocenters. The van der Waals surface area contributed by atoms with Gasteiger partial charge in [-0.25, -0.2) is 5.84 Å². The maximum atomic E-state index is 11.5. The van der Waals surface area contributed by atoms with Gasteiger partial charge in [-0.1, -0.05) is 40.2 Å². The number of hydrogen-bond donors (Lipinski definition) is 2. The molecule has 1 amide bonds. The summed E-state index contributed by atoms with van der Waals surface area (Å²) in [6.07, 6.45) is 0. The second-order valence-electron chi connectivity index (χ2n) is 5.82. The average molecular weight is 406 g/mol. The first-order valence-electron chi connectivity index (χ1n) is 7.85. The van der Waals surface area contributed by atoms with Crippen LogP contribution in [-0.4, -0.2) is 29.6 Å². The van der Waals surface area contributed by atoms with Crippen molar-refractivity contribution in [3.05, 3.63) is 69.7 Å². The number of amides is 1. The molecule has 0 aliphatic carbocycles. The molecule has 1 atom stereocenters. The topological polar surface area (TPSA) is 58.4 Å². The van der Waals surface area contributed by atoms with Gasteiger partial charge in [-0.3, -0.25) is 15.1 Å². The Hall–Kier alpha value is -1.34. The molecule has 126 valence electrons. The molecule has 1 fully saturated rings. The molecule has 0 spiro atoms. The van der Waals surface area contributed by atoms with Crippen molar-refractivity contribution in [2.45, 2.75) is 11.8 Å². The second-order valence-corrected chi connectivity index (χ2v) is 8.05. The van der Waals surface area contributed by atoms with E-state index < -0.39 is 0 Å². The number of nitrogen functional groups attached to an aromatic ring is 1. The molecule has 0 saturated carbocycles. The summed E-state index contributed by atoms with van der Waals surface area (Å²) < 4.78 is 1.13. The molecule has 0 bridgehead atoms. The van der Waals surface area contributed by atoms with Gasteiger partial charge in [-0.05, 0) is 35.4 Å². The van der Waals surface area contributed by atoms with Gasteiger partial charge in [0.1, 0.15) is 0 Å². The molecule has 2 aromatic carbocycles. The number of thioether (sulfide) groups is 1. The Balaban J connectivity index is 1.64. The summed E-state index contributed by atoms with van der Waals surface area (Å²) in [5.41, 5.74) is 5.32. The van der Waals surface area contributed by atoms with E-state index in [4.69, 9.17) is 5.84 Å². The largest absolute Gasteiger partial charge is 0.297 e. The first kappa shape index (κ1) is 17.5. The van der Waals surface area contributed by atoms with E-state index in [1.165, 1.54) is 11.1 Å². The van der Waals surface area contributed by atoms with Gasteiger partial charge in [0.15, 0.2) is 0 Å². The molecule has 24 heavy (non-hydrogen) atoms. The molecule has 1 aliphatic rings. The van der Waals surface area contributed by atoms with Gasteiger partial charge in [0.2, 0.25) is 0 Å². The predicted octanol–water partition coefficient (Wildman–Crippen LogP) is 3.34. The van der Waals surface area contributed by atoms with Gasteiger partial charge in [0.25, 0.3) is 5.91 Å². The molecule has 3 rings (SSSR count). The number of nitrogens with one attached hydrogen (secondary N) is 1. The Morgan fingerprint density at radius 3 is 2.79 bits per heavy atom. The Morgan fingerprint density at radius 2 is 2.08 bits per heavy atom. The number of nitrogens with two attached hydrogens (primary N) is 1. The van der Waals surface area contributed by atoms with Gasteiger partial charge < -0.3 is 0 Å². The first-order chi connectivity index (χ1) is 11.7. The molecule has 0 aromatic heterocycles. The number of carbonyl (C=O) groups excluding carboxylic acids is 1. The maximum absolute atomic E-state index is 11.5. The normalized spacial score (nSPS) is 18.3. The van der Waals surface area contributed by atoms with Crippen molar-refractivity contribution in [2.24, 2.45) is 5.84 Å². The summed E-state index contributed by atoms with van der Waals surface area (Å²) >= 11 is 5.58. The van der Waals surface area contributed by atoms with Crippen LogP contribution in [0.3, 0.4) is 0 Å². The van der Waals surface area contributed by atoms with Crippen molar-refractivity contribution in [3.8, 4) is 0 Å². The Labute approximate surface area is 154 Å². The van der Waals surface area contributed by atoms with Crippen LogP contribution in [0.2, 0.25) is 0 Å². The van der Waals surface area contributed by atoms with Gasteiger partial charge in [-0.2, -0.15) is 11.8 Å². The number of rotatable bonds is 4. The van der Waals surface area contributed by atoms with Crippen molar-refractivity contribution >= 4 is 33.6 Å². The van der Waals surface area contributed by atoms with Crippen LogP contribution < -0.4 is 11.3 Å². The van der Waals surface area contributed by atoms with Crippen molar-refractivity contribution in [1.82, 2.24) is 10.3 Å². The predicted molar refractivity (Wildman–Crippen MR) is 103 cm³/mol. The lowest BCUT2D eigenvalue weighted by Gasteiger charge is -2.32. The third-order valence-electron chi connectivity index (χ3n) is 4.12. The summed E-state index contributed by atoms with van der Waals surface area (Å²) in [6.45, 7) is 3.02. The van der Waals surface area contributed by atoms with Crippen molar-refractivity contribution in [2.75, 3.05) is 18.8 Å². The van der Waals surface area contributed by atoms with Crippen LogP contribution in [0, 0.1) is 0 Å². The van der Waals surface area contributed by atoms with Gasteiger partial charge in [0, 0.05) is 40.7 Å². The van der Waals surface area contributed by atoms with E-state index >= 15 is 0 Å². The Bertz CT molecular complexity index is 708. The van der Waals surface area contributed by atoms with E-state index in [9.17, 15) is 4.79 Å². The lowest BCUT2D eigenvalue weighted by molar-refractivity contribution is 0.0953. The summed E-state index contributed by atoms with van der Waals surface area (Å²) in [5.74, 6) is 6.03. The van der Waals surface area contributed by atoms with E-state index in [0.717, 1.165) is 29.9 Å².